The summed E-state index contributed by atoms with van der Waals surface area (Å²) in [5.41, 5.74) is -0.451. The Balaban J connectivity index is 0.000000446. The zero-order valence-corrected chi connectivity index (χ0v) is 20.6. The van der Waals surface area contributed by atoms with Gasteiger partial charge in [0.1, 0.15) is 5.60 Å². The number of rotatable bonds is 1. The molecule has 2 rings (SSSR count). The van der Waals surface area contributed by atoms with Crippen LogP contribution in [0.3, 0.4) is 0 Å². The quantitative estimate of drug-likeness (QED) is 0.338. The predicted molar refractivity (Wildman–Crippen MR) is 120 cm³/mol. The summed E-state index contributed by atoms with van der Waals surface area (Å²) in [4.78, 5) is 21.5. The van der Waals surface area contributed by atoms with Crippen LogP contribution in [-0.4, -0.2) is 28.3 Å². The zero-order chi connectivity index (χ0) is 22.8. The molecule has 0 spiro atoms. The summed E-state index contributed by atoms with van der Waals surface area (Å²) in [6, 6.07) is 3.78. The van der Waals surface area contributed by atoms with E-state index < -0.39 is 23.3 Å². The van der Waals surface area contributed by atoms with Crippen LogP contribution in [0.15, 0.2) is 38.1 Å². The van der Waals surface area contributed by atoms with Crippen LogP contribution in [0.4, 0.5) is 15.3 Å². The fourth-order valence-corrected chi connectivity index (χ4v) is 3.10. The largest absolute Gasteiger partial charge is 0.529 e. The summed E-state index contributed by atoms with van der Waals surface area (Å²) in [6.45, 7) is 10.4. The van der Waals surface area contributed by atoms with Gasteiger partial charge in [0.2, 0.25) is 0 Å². The Kier molecular flexibility index (Phi) is 11.4. The molecule has 0 atom stereocenters. The Labute approximate surface area is 188 Å². The van der Waals surface area contributed by atoms with E-state index in [2.05, 4.69) is 15.9 Å². The highest BCUT2D eigenvalue weighted by molar-refractivity contribution is 9.10. The molecule has 0 aromatic carbocycles. The van der Waals surface area contributed by atoms with E-state index in [4.69, 9.17) is 16.4 Å². The molecule has 0 radical (unpaired) electrons. The maximum Gasteiger partial charge on any atom is 0.429 e. The van der Waals surface area contributed by atoms with Gasteiger partial charge < -0.3 is 14.6 Å². The van der Waals surface area contributed by atoms with Crippen LogP contribution in [0, 0.1) is 0 Å². The lowest BCUT2D eigenvalue weighted by molar-refractivity contribution is -0.271. The molecule has 0 bridgehead atoms. The molecule has 0 fully saturated rings. The molecule has 4 N–H and O–H groups in total. The second-order valence-electron chi connectivity index (χ2n) is 7.58. The first-order chi connectivity index (χ1) is 13.1. The van der Waals surface area contributed by atoms with Crippen molar-refractivity contribution in [2.45, 2.75) is 52.7 Å². The number of ether oxygens (including phenoxy) is 1. The topological polar surface area (TPSA) is 125 Å². The van der Waals surface area contributed by atoms with Crippen molar-refractivity contribution in [1.29, 1.82) is 0 Å². The predicted octanol–water partition coefficient (Wildman–Crippen LogP) is 4.18. The summed E-state index contributed by atoms with van der Waals surface area (Å²) >= 11 is 6.46. The van der Waals surface area contributed by atoms with E-state index in [1.165, 1.54) is 15.8 Å². The number of amides is 2. The first kappa shape index (κ1) is 27.3. The number of thiophene rings is 2. The Hall–Kier alpha value is -1.66. The molecule has 29 heavy (non-hydrogen) atoms. The van der Waals surface area contributed by atoms with E-state index >= 15 is 0 Å². The van der Waals surface area contributed by atoms with Crippen molar-refractivity contribution in [2.24, 2.45) is 11.7 Å². The van der Waals surface area contributed by atoms with Crippen LogP contribution >= 0.6 is 38.6 Å². The molecule has 0 aliphatic rings. The highest BCUT2D eigenvalue weighted by Crippen LogP contribution is 2.18. The molecule has 0 saturated heterocycles. The summed E-state index contributed by atoms with van der Waals surface area (Å²) in [5, 5.41) is 19.4. The third-order valence-corrected chi connectivity index (χ3v) is 4.93. The van der Waals surface area contributed by atoms with E-state index in [0.717, 1.165) is 5.01 Å². The van der Waals surface area contributed by atoms with Crippen molar-refractivity contribution in [2.75, 3.05) is 5.01 Å². The second kappa shape index (κ2) is 12.1. The molecular weight excluding hydrogens is 480 g/mol. The van der Waals surface area contributed by atoms with Crippen molar-refractivity contribution >= 4 is 56.5 Å². The number of hydrogen-bond acceptors (Lipinski definition) is 8. The number of hydrogen-bond donors (Lipinski definition) is 2. The number of nitrogens with two attached hydrogens (primary N) is 2. The molecule has 8 nitrogen and oxygen atoms in total. The van der Waals surface area contributed by atoms with Gasteiger partial charge in [-0.3, -0.25) is 5.01 Å². The van der Waals surface area contributed by atoms with Crippen molar-refractivity contribution in [3.8, 4) is 0 Å². The van der Waals surface area contributed by atoms with Crippen LogP contribution in [0.5, 0.6) is 0 Å². The van der Waals surface area contributed by atoms with Crippen LogP contribution < -0.4 is 21.8 Å². The van der Waals surface area contributed by atoms with Crippen LogP contribution in [0.1, 0.15) is 41.5 Å². The number of carbonyl (C=O) groups excluding carboxylic acids is 2. The highest BCUT2D eigenvalue weighted by Gasteiger charge is 2.21. The molecule has 164 valence electrons. The monoisotopic (exact) mass is 507 g/mol. The molecule has 0 unspecified atom stereocenters. The van der Waals surface area contributed by atoms with Crippen molar-refractivity contribution < 1.29 is 19.4 Å². The van der Waals surface area contributed by atoms with Gasteiger partial charge in [0.05, 0.1) is 5.69 Å². The van der Waals surface area contributed by atoms with Gasteiger partial charge in [0, 0.05) is 20.8 Å². The lowest BCUT2D eigenvalue weighted by Gasteiger charge is -2.32. The van der Waals surface area contributed by atoms with Crippen LogP contribution in [0.2, 0.25) is 0 Å². The standard InChI is InChI=1S/C9H14N2O2S.C5H12N2O2.C4H3BrS/c1-9(2,3)13-8(12)11(10)7-4-5-14-6-7;1-5(2,3)7(6)4(8)9;5-4-1-2-6-3-4/h4-6H,10H2,1-3H3;6H2,1-3H3,(H,8,9);1-3H/p-1. The molecule has 2 aromatic rings. The van der Waals surface area contributed by atoms with E-state index in [-0.39, 0.29) is 0 Å². The van der Waals surface area contributed by atoms with Crippen LogP contribution in [0.25, 0.3) is 0 Å². The van der Waals surface area contributed by atoms with E-state index in [1.807, 2.05) is 22.2 Å². The second-order valence-corrected chi connectivity index (χ2v) is 10.1. The molecule has 0 saturated carbocycles. The van der Waals surface area contributed by atoms with Gasteiger partial charge in [-0.15, -0.1) is 0 Å². The Morgan fingerprint density at radius 3 is 1.79 bits per heavy atom. The summed E-state index contributed by atoms with van der Waals surface area (Å²) in [6.07, 6.45) is -1.90. The minimum absolute atomic E-state index is 0.523. The highest BCUT2D eigenvalue weighted by atomic mass is 79.9. The zero-order valence-electron chi connectivity index (χ0n) is 17.3. The number of carboxylic acid groups (broad SMARTS) is 1. The first-order valence-electron chi connectivity index (χ1n) is 8.38. The molecule has 0 aliphatic heterocycles. The van der Waals surface area contributed by atoms with Gasteiger partial charge in [0.15, 0.2) is 6.09 Å². The third kappa shape index (κ3) is 12.5. The Morgan fingerprint density at radius 2 is 1.55 bits per heavy atom. The summed E-state index contributed by atoms with van der Waals surface area (Å²) < 4.78 is 6.26. The number of halogens is 1. The molecule has 0 aliphatic carbocycles. The molecular formula is C18H28BrN4O4S2-. The normalized spacial score (nSPS) is 10.7. The van der Waals surface area contributed by atoms with E-state index in [9.17, 15) is 14.7 Å². The number of hydrazine groups is 2. The lowest BCUT2D eigenvalue weighted by Crippen LogP contribution is -2.55. The van der Waals surface area contributed by atoms with Gasteiger partial charge in [-0.2, -0.15) is 22.7 Å². The van der Waals surface area contributed by atoms with Gasteiger partial charge in [-0.1, -0.05) is 0 Å². The average molecular weight is 508 g/mol. The number of nitrogens with zero attached hydrogens (tertiary/aromatic N) is 2. The SMILES string of the molecule is Brc1ccsc1.CC(C)(C)N(N)C(=O)[O-].CC(C)(C)OC(=O)N(N)c1ccsc1. The lowest BCUT2D eigenvalue weighted by atomic mass is 10.1. The van der Waals surface area contributed by atoms with E-state index in [0.29, 0.717) is 10.7 Å². The van der Waals surface area contributed by atoms with Crippen molar-refractivity contribution in [1.82, 2.24) is 5.01 Å². The van der Waals surface area contributed by atoms with Crippen LogP contribution in [-0.2, 0) is 4.74 Å². The maximum atomic E-state index is 11.4. The van der Waals surface area contributed by atoms with Crippen molar-refractivity contribution in [3.05, 3.63) is 38.1 Å². The fourth-order valence-electron chi connectivity index (χ4n) is 1.33. The Bertz CT molecular complexity index is 726. The smallest absolute Gasteiger partial charge is 0.429 e. The minimum atomic E-state index is -1.36. The molecule has 2 heterocycles. The van der Waals surface area contributed by atoms with E-state index in [1.54, 1.807) is 64.3 Å². The van der Waals surface area contributed by atoms with Gasteiger partial charge in [0.25, 0.3) is 0 Å². The molecule has 2 aromatic heterocycles. The van der Waals surface area contributed by atoms with Gasteiger partial charge in [-0.05, 0) is 80.4 Å². The first-order valence-corrected chi connectivity index (χ1v) is 11.1. The number of carbonyl (C=O) groups is 2. The maximum absolute atomic E-state index is 11.4. The summed E-state index contributed by atoms with van der Waals surface area (Å²) in [5.74, 6) is 10.6. The van der Waals surface area contributed by atoms with Gasteiger partial charge >= 0.3 is 6.09 Å². The average Bonchev–Trinajstić information content (AvgIpc) is 3.25. The Morgan fingerprint density at radius 1 is 1.03 bits per heavy atom. The summed E-state index contributed by atoms with van der Waals surface area (Å²) in [7, 11) is 0. The van der Waals surface area contributed by atoms with Crippen molar-refractivity contribution in [3.63, 3.8) is 0 Å². The number of anilines is 1. The third-order valence-electron chi connectivity index (χ3n) is 2.78. The molecule has 2 amide bonds. The fraction of sp³-hybridized carbons (Fsp3) is 0.444. The van der Waals surface area contributed by atoms with Gasteiger partial charge in [-0.25, -0.2) is 21.5 Å². The minimum Gasteiger partial charge on any atom is -0.529 e. The molecule has 11 heteroatoms.